The molecule has 3 heterocycles. The largest absolute Gasteiger partial charge is 0.383 e. The molecule has 7 nitrogen and oxygen atoms in total. The molecule has 0 bridgehead atoms. The smallest absolute Gasteiger partial charge is 0.219 e. The third-order valence-corrected chi connectivity index (χ3v) is 4.20. The fraction of sp³-hybridized carbons (Fsp3) is 0.444. The molecule has 1 amide bonds. The summed E-state index contributed by atoms with van der Waals surface area (Å²) in [6, 6.07) is 5.77. The van der Waals surface area contributed by atoms with Crippen molar-refractivity contribution in [3.8, 4) is 11.5 Å². The summed E-state index contributed by atoms with van der Waals surface area (Å²) in [5.41, 5.74) is 2.66. The number of anilines is 1. The lowest BCUT2D eigenvalue weighted by atomic mass is 10.0. The molecule has 0 saturated carbocycles. The number of nitrogens with zero attached hydrogens (tertiary/aromatic N) is 4. The van der Waals surface area contributed by atoms with E-state index in [4.69, 9.17) is 14.7 Å². The van der Waals surface area contributed by atoms with E-state index in [0.29, 0.717) is 31.2 Å². The highest BCUT2D eigenvalue weighted by atomic mass is 16.5. The van der Waals surface area contributed by atoms with E-state index in [1.54, 1.807) is 25.1 Å². The van der Waals surface area contributed by atoms with Gasteiger partial charge < -0.3 is 15.0 Å². The Kier molecular flexibility index (Phi) is 5.23. The van der Waals surface area contributed by atoms with Crippen LogP contribution in [0.4, 0.5) is 5.82 Å². The summed E-state index contributed by atoms with van der Waals surface area (Å²) in [7, 11) is 1.68. The molecule has 3 rings (SSSR count). The van der Waals surface area contributed by atoms with Gasteiger partial charge in [-0.05, 0) is 25.5 Å². The van der Waals surface area contributed by atoms with Gasteiger partial charge in [0.05, 0.1) is 18.8 Å². The van der Waals surface area contributed by atoms with Crippen LogP contribution in [0.2, 0.25) is 0 Å². The minimum Gasteiger partial charge on any atom is -0.383 e. The van der Waals surface area contributed by atoms with Crippen LogP contribution in [0.1, 0.15) is 25.1 Å². The molecule has 132 valence electrons. The Morgan fingerprint density at radius 2 is 2.24 bits per heavy atom. The number of carbonyl (C=O) groups excluding carboxylic acids is 1. The molecule has 0 fully saturated rings. The summed E-state index contributed by atoms with van der Waals surface area (Å²) >= 11 is 0. The predicted octanol–water partition coefficient (Wildman–Crippen LogP) is 1.89. The standard InChI is InChI=1S/C18H23N5O2/c1-12(11-25-3)20-17-14-7-9-23(13(2)24)10-16(14)21-18(22-17)15-6-4-5-8-19-15/h4-6,8,12H,7,9-11H2,1-3H3,(H,20,21,22)/t12-/m1/s1. The third kappa shape index (κ3) is 3.93. The second kappa shape index (κ2) is 7.57. The van der Waals surface area contributed by atoms with Gasteiger partial charge in [0.15, 0.2) is 5.82 Å². The minimum atomic E-state index is 0.0610. The van der Waals surface area contributed by atoms with Crippen LogP contribution < -0.4 is 5.32 Å². The van der Waals surface area contributed by atoms with Gasteiger partial charge in [0.2, 0.25) is 5.91 Å². The zero-order valence-corrected chi connectivity index (χ0v) is 14.8. The van der Waals surface area contributed by atoms with Crippen LogP contribution in [-0.2, 0) is 22.5 Å². The quantitative estimate of drug-likeness (QED) is 0.894. The number of fused-ring (bicyclic) bond motifs is 1. The Balaban J connectivity index is 2.01. The molecule has 0 unspecified atom stereocenters. The fourth-order valence-corrected chi connectivity index (χ4v) is 2.95. The van der Waals surface area contributed by atoms with Gasteiger partial charge in [-0.15, -0.1) is 0 Å². The van der Waals surface area contributed by atoms with E-state index in [9.17, 15) is 4.79 Å². The zero-order valence-electron chi connectivity index (χ0n) is 14.8. The van der Waals surface area contributed by atoms with Crippen LogP contribution in [0.5, 0.6) is 0 Å². The average molecular weight is 341 g/mol. The predicted molar refractivity (Wildman–Crippen MR) is 95.0 cm³/mol. The molecule has 0 aliphatic carbocycles. The van der Waals surface area contributed by atoms with Gasteiger partial charge in [-0.1, -0.05) is 6.07 Å². The lowest BCUT2D eigenvalue weighted by Crippen LogP contribution is -2.36. The highest BCUT2D eigenvalue weighted by molar-refractivity contribution is 5.74. The number of methoxy groups -OCH3 is 1. The third-order valence-electron chi connectivity index (χ3n) is 4.20. The Labute approximate surface area is 147 Å². The molecule has 1 aliphatic heterocycles. The number of rotatable bonds is 5. The number of carbonyl (C=O) groups is 1. The van der Waals surface area contributed by atoms with Crippen molar-refractivity contribution in [2.45, 2.75) is 32.9 Å². The van der Waals surface area contributed by atoms with Crippen LogP contribution in [0.25, 0.3) is 11.5 Å². The van der Waals surface area contributed by atoms with Crippen LogP contribution in [0.3, 0.4) is 0 Å². The SMILES string of the molecule is COC[C@@H](C)Nc1nc(-c2ccccn2)nc2c1CCN(C(C)=O)C2. The highest BCUT2D eigenvalue weighted by Gasteiger charge is 2.24. The van der Waals surface area contributed by atoms with Crippen LogP contribution in [0.15, 0.2) is 24.4 Å². The van der Waals surface area contributed by atoms with Crippen molar-refractivity contribution in [3.63, 3.8) is 0 Å². The van der Waals surface area contributed by atoms with Gasteiger partial charge in [-0.25, -0.2) is 9.97 Å². The average Bonchev–Trinajstić information content (AvgIpc) is 2.62. The Morgan fingerprint density at radius 3 is 2.92 bits per heavy atom. The number of nitrogens with one attached hydrogen (secondary N) is 1. The molecule has 0 aromatic carbocycles. The van der Waals surface area contributed by atoms with Crippen LogP contribution in [-0.4, -0.2) is 52.1 Å². The van der Waals surface area contributed by atoms with Gasteiger partial charge in [0.25, 0.3) is 0 Å². The van der Waals surface area contributed by atoms with E-state index < -0.39 is 0 Å². The highest BCUT2D eigenvalue weighted by Crippen LogP contribution is 2.27. The van der Waals surface area contributed by atoms with Gasteiger partial charge in [0.1, 0.15) is 11.5 Å². The normalized spacial score (nSPS) is 14.8. The summed E-state index contributed by atoms with van der Waals surface area (Å²) in [5, 5.41) is 3.42. The topological polar surface area (TPSA) is 80.2 Å². The van der Waals surface area contributed by atoms with Crippen molar-refractivity contribution in [3.05, 3.63) is 35.7 Å². The van der Waals surface area contributed by atoms with E-state index >= 15 is 0 Å². The molecule has 1 aliphatic rings. The van der Waals surface area contributed by atoms with E-state index in [0.717, 1.165) is 23.5 Å². The second-order valence-electron chi connectivity index (χ2n) is 6.23. The van der Waals surface area contributed by atoms with Gasteiger partial charge in [0, 0.05) is 38.4 Å². The maximum Gasteiger partial charge on any atom is 0.219 e. The Hall–Kier alpha value is -2.54. The van der Waals surface area contributed by atoms with Crippen molar-refractivity contribution in [2.24, 2.45) is 0 Å². The molecule has 1 N–H and O–H groups in total. The van der Waals surface area contributed by atoms with E-state index in [1.807, 2.05) is 25.1 Å². The summed E-state index contributed by atoms with van der Waals surface area (Å²) < 4.78 is 5.21. The Bertz CT molecular complexity index is 751. The van der Waals surface area contributed by atoms with Gasteiger partial charge in [-0.2, -0.15) is 0 Å². The fourth-order valence-electron chi connectivity index (χ4n) is 2.95. The molecule has 25 heavy (non-hydrogen) atoms. The summed E-state index contributed by atoms with van der Waals surface area (Å²) in [4.78, 5) is 27.3. The molecule has 7 heteroatoms. The lowest BCUT2D eigenvalue weighted by Gasteiger charge is -2.29. The van der Waals surface area contributed by atoms with Crippen molar-refractivity contribution >= 4 is 11.7 Å². The first-order valence-electron chi connectivity index (χ1n) is 8.40. The molecule has 2 aromatic rings. The monoisotopic (exact) mass is 341 g/mol. The second-order valence-corrected chi connectivity index (χ2v) is 6.23. The summed E-state index contributed by atoms with van der Waals surface area (Å²) in [6.45, 7) is 5.40. The summed E-state index contributed by atoms with van der Waals surface area (Å²) in [5.74, 6) is 1.43. The van der Waals surface area contributed by atoms with Crippen LogP contribution in [0, 0.1) is 0 Å². The van der Waals surface area contributed by atoms with Gasteiger partial charge >= 0.3 is 0 Å². The number of ether oxygens (including phenoxy) is 1. The van der Waals surface area contributed by atoms with Crippen molar-refractivity contribution in [2.75, 3.05) is 25.6 Å². The number of hydrogen-bond acceptors (Lipinski definition) is 6. The van der Waals surface area contributed by atoms with Crippen molar-refractivity contribution in [1.82, 2.24) is 19.9 Å². The van der Waals surface area contributed by atoms with Crippen molar-refractivity contribution < 1.29 is 9.53 Å². The molecule has 2 aromatic heterocycles. The zero-order chi connectivity index (χ0) is 17.8. The Morgan fingerprint density at radius 1 is 1.40 bits per heavy atom. The first-order valence-corrected chi connectivity index (χ1v) is 8.40. The molecule has 0 radical (unpaired) electrons. The number of amides is 1. The van der Waals surface area contributed by atoms with Gasteiger partial charge in [-0.3, -0.25) is 9.78 Å². The van der Waals surface area contributed by atoms with E-state index in [2.05, 4.69) is 10.3 Å². The first-order chi connectivity index (χ1) is 12.1. The van der Waals surface area contributed by atoms with Crippen molar-refractivity contribution in [1.29, 1.82) is 0 Å². The summed E-state index contributed by atoms with van der Waals surface area (Å²) in [6.07, 6.45) is 2.46. The maximum atomic E-state index is 11.7. The number of hydrogen-bond donors (Lipinski definition) is 1. The van der Waals surface area contributed by atoms with Crippen LogP contribution >= 0.6 is 0 Å². The molecule has 0 saturated heterocycles. The van der Waals surface area contributed by atoms with E-state index in [1.165, 1.54) is 0 Å². The lowest BCUT2D eigenvalue weighted by molar-refractivity contribution is -0.129. The molecular formula is C18H23N5O2. The number of aromatic nitrogens is 3. The maximum absolute atomic E-state index is 11.7. The molecule has 0 spiro atoms. The first kappa shape index (κ1) is 17.3. The minimum absolute atomic E-state index is 0.0610. The molecule has 1 atom stereocenters. The number of pyridine rings is 1. The molecular weight excluding hydrogens is 318 g/mol. The van der Waals surface area contributed by atoms with E-state index in [-0.39, 0.29) is 11.9 Å².